The zero-order valence-electron chi connectivity index (χ0n) is 10.6. The van der Waals surface area contributed by atoms with Gasteiger partial charge in [0.05, 0.1) is 18.4 Å². The van der Waals surface area contributed by atoms with E-state index in [-0.39, 0.29) is 23.1 Å². The van der Waals surface area contributed by atoms with Crippen molar-refractivity contribution in [2.24, 2.45) is 28.6 Å². The first-order chi connectivity index (χ1) is 8.66. The summed E-state index contributed by atoms with van der Waals surface area (Å²) in [6.07, 6.45) is 9.45. The van der Waals surface area contributed by atoms with Crippen molar-refractivity contribution in [3.8, 4) is 0 Å². The normalized spacial score (nSPS) is 51.6. The maximum absolute atomic E-state index is 12.5. The Hall–Kier alpha value is -1.12. The molecule has 0 heterocycles. The van der Waals surface area contributed by atoms with Gasteiger partial charge >= 0.3 is 5.97 Å². The molecule has 96 valence electrons. The summed E-state index contributed by atoms with van der Waals surface area (Å²) in [6.45, 7) is 0. The molecule has 4 fully saturated rings. The lowest BCUT2D eigenvalue weighted by molar-refractivity contribution is -0.230. The number of esters is 1. The number of rotatable bonds is 1. The molecule has 0 spiro atoms. The third-order valence-corrected chi connectivity index (χ3v) is 6.39. The van der Waals surface area contributed by atoms with Crippen molar-refractivity contribution in [1.29, 1.82) is 0 Å². The summed E-state index contributed by atoms with van der Waals surface area (Å²) in [7, 11) is 1.44. The van der Waals surface area contributed by atoms with Gasteiger partial charge < -0.3 is 4.74 Å². The molecule has 0 saturated heterocycles. The lowest BCUT2D eigenvalue weighted by Gasteiger charge is -2.70. The van der Waals surface area contributed by atoms with Crippen molar-refractivity contribution < 1.29 is 14.3 Å². The number of hydrogen-bond acceptors (Lipinski definition) is 3. The van der Waals surface area contributed by atoms with E-state index in [2.05, 4.69) is 6.08 Å². The van der Waals surface area contributed by atoms with Gasteiger partial charge in [-0.1, -0.05) is 6.08 Å². The molecule has 5 aliphatic rings. The molecule has 0 N–H and O–H groups in total. The number of allylic oxidation sites excluding steroid dienone is 2. The molecule has 3 heteroatoms. The predicted molar refractivity (Wildman–Crippen MR) is 64.6 cm³/mol. The third kappa shape index (κ3) is 0.827. The highest BCUT2D eigenvalue weighted by Gasteiger charge is 2.79. The van der Waals surface area contributed by atoms with Gasteiger partial charge in [0.2, 0.25) is 0 Å². The average Bonchev–Trinajstić information content (AvgIpc) is 2.64. The van der Waals surface area contributed by atoms with Crippen LogP contribution < -0.4 is 0 Å². The van der Waals surface area contributed by atoms with Crippen molar-refractivity contribution >= 4 is 11.8 Å². The molecular weight excluding hydrogens is 228 g/mol. The Balaban J connectivity index is 1.85. The number of hydrogen-bond donors (Lipinski definition) is 0. The zero-order valence-corrected chi connectivity index (χ0v) is 10.6. The minimum Gasteiger partial charge on any atom is -0.469 e. The maximum Gasteiger partial charge on any atom is 0.309 e. The van der Waals surface area contributed by atoms with E-state index in [9.17, 15) is 9.59 Å². The van der Waals surface area contributed by atoms with Crippen LogP contribution in [0.25, 0.3) is 0 Å². The monoisotopic (exact) mass is 246 g/mol. The highest BCUT2D eigenvalue weighted by Crippen LogP contribution is 2.78. The first kappa shape index (κ1) is 10.8. The molecule has 0 aromatic rings. The Kier molecular flexibility index (Phi) is 1.83. The molecule has 0 radical (unpaired) electrons. The quantitative estimate of drug-likeness (QED) is 0.665. The fraction of sp³-hybridized carbons (Fsp3) is 0.733. The molecule has 0 aliphatic heterocycles. The van der Waals surface area contributed by atoms with Crippen LogP contribution in [0.3, 0.4) is 0 Å². The summed E-state index contributed by atoms with van der Waals surface area (Å²) in [4.78, 5) is 24.5. The van der Waals surface area contributed by atoms with Crippen LogP contribution in [-0.4, -0.2) is 18.9 Å². The van der Waals surface area contributed by atoms with Gasteiger partial charge in [0, 0.05) is 5.41 Å². The molecule has 5 aliphatic carbocycles. The van der Waals surface area contributed by atoms with Gasteiger partial charge in [-0.3, -0.25) is 9.59 Å². The topological polar surface area (TPSA) is 43.4 Å². The Morgan fingerprint density at radius 3 is 2.61 bits per heavy atom. The van der Waals surface area contributed by atoms with Gasteiger partial charge in [-0.15, -0.1) is 0 Å². The first-order valence-electron chi connectivity index (χ1n) is 6.98. The summed E-state index contributed by atoms with van der Waals surface area (Å²) >= 11 is 0. The van der Waals surface area contributed by atoms with Crippen molar-refractivity contribution in [1.82, 2.24) is 0 Å². The predicted octanol–water partition coefficient (Wildman–Crippen LogP) is 2.11. The van der Waals surface area contributed by atoms with Crippen LogP contribution in [0.4, 0.5) is 0 Å². The number of ketones is 1. The molecule has 5 rings (SSSR count). The molecule has 3 unspecified atom stereocenters. The zero-order chi connectivity index (χ0) is 12.5. The van der Waals surface area contributed by atoms with Crippen LogP contribution in [0.5, 0.6) is 0 Å². The second-order valence-corrected chi connectivity index (χ2v) is 6.44. The number of methoxy groups -OCH3 is 1. The molecule has 0 amide bonds. The Labute approximate surface area is 107 Å². The van der Waals surface area contributed by atoms with Crippen LogP contribution in [0.15, 0.2) is 12.2 Å². The third-order valence-electron chi connectivity index (χ3n) is 6.39. The molecular formula is C15H18O3. The van der Waals surface area contributed by atoms with E-state index in [0.717, 1.165) is 19.3 Å². The highest BCUT2D eigenvalue weighted by atomic mass is 16.5. The SMILES string of the molecule is COC(=O)C1CC23C=CC(=O)C12C1CCC3CC1. The van der Waals surface area contributed by atoms with Crippen molar-refractivity contribution in [3.63, 3.8) is 0 Å². The van der Waals surface area contributed by atoms with Gasteiger partial charge in [-0.25, -0.2) is 0 Å². The highest BCUT2D eigenvalue weighted by molar-refractivity contribution is 6.04. The van der Waals surface area contributed by atoms with Gasteiger partial charge in [0.15, 0.2) is 5.78 Å². The number of carbonyl (C=O) groups is 2. The second kappa shape index (κ2) is 3.06. The van der Waals surface area contributed by atoms with Crippen LogP contribution in [0, 0.1) is 28.6 Å². The standard InChI is InChI=1S/C15H18O3/c1-18-13(17)11-8-14-7-6-12(16)15(11,14)10-4-2-9(14)3-5-10/h6-7,9-11H,2-5,8H2,1H3. The van der Waals surface area contributed by atoms with E-state index in [0.29, 0.717) is 11.8 Å². The average molecular weight is 246 g/mol. The summed E-state index contributed by atoms with van der Waals surface area (Å²) in [6, 6.07) is 0. The lowest BCUT2D eigenvalue weighted by atomic mass is 9.31. The fourth-order valence-electron chi connectivity index (χ4n) is 5.81. The largest absolute Gasteiger partial charge is 0.469 e. The van der Waals surface area contributed by atoms with Gasteiger partial charge in [-0.05, 0) is 50.0 Å². The summed E-state index contributed by atoms with van der Waals surface area (Å²) < 4.78 is 4.94. The first-order valence-corrected chi connectivity index (χ1v) is 6.98. The van der Waals surface area contributed by atoms with E-state index in [1.807, 2.05) is 0 Å². The molecule has 3 nitrogen and oxygen atoms in total. The van der Waals surface area contributed by atoms with E-state index in [4.69, 9.17) is 4.74 Å². The van der Waals surface area contributed by atoms with E-state index in [1.54, 1.807) is 6.08 Å². The molecule has 18 heavy (non-hydrogen) atoms. The molecule has 0 aromatic heterocycles. The van der Waals surface area contributed by atoms with Crippen LogP contribution in [0.2, 0.25) is 0 Å². The van der Waals surface area contributed by atoms with Crippen LogP contribution >= 0.6 is 0 Å². The van der Waals surface area contributed by atoms with E-state index >= 15 is 0 Å². The maximum atomic E-state index is 12.5. The number of carbonyl (C=O) groups excluding carboxylic acids is 2. The minimum atomic E-state index is -0.402. The Morgan fingerprint density at radius 1 is 1.28 bits per heavy atom. The molecule has 0 aromatic carbocycles. The summed E-state index contributed by atoms with van der Waals surface area (Å²) in [5.74, 6) is 0.876. The smallest absolute Gasteiger partial charge is 0.309 e. The van der Waals surface area contributed by atoms with E-state index in [1.165, 1.54) is 20.0 Å². The molecule has 4 saturated carbocycles. The second-order valence-electron chi connectivity index (χ2n) is 6.44. The van der Waals surface area contributed by atoms with Crippen molar-refractivity contribution in [2.45, 2.75) is 32.1 Å². The molecule has 3 atom stereocenters. The van der Waals surface area contributed by atoms with Crippen LogP contribution in [0.1, 0.15) is 32.1 Å². The minimum absolute atomic E-state index is 0.0180. The van der Waals surface area contributed by atoms with Crippen molar-refractivity contribution in [2.75, 3.05) is 7.11 Å². The Bertz CT molecular complexity index is 472. The van der Waals surface area contributed by atoms with Gasteiger partial charge in [0.1, 0.15) is 0 Å². The lowest BCUT2D eigenvalue weighted by Crippen LogP contribution is -2.71. The number of ether oxygens (including phenoxy) is 1. The summed E-state index contributed by atoms with van der Waals surface area (Å²) in [5, 5.41) is 0. The Morgan fingerprint density at radius 2 is 1.94 bits per heavy atom. The van der Waals surface area contributed by atoms with Gasteiger partial charge in [-0.2, -0.15) is 0 Å². The van der Waals surface area contributed by atoms with E-state index < -0.39 is 5.41 Å². The van der Waals surface area contributed by atoms with Crippen molar-refractivity contribution in [3.05, 3.63) is 12.2 Å². The number of fused-ring (bicyclic) bond motifs is 2. The molecule has 2 bridgehead atoms. The van der Waals surface area contributed by atoms with Crippen LogP contribution in [-0.2, 0) is 14.3 Å². The van der Waals surface area contributed by atoms with Gasteiger partial charge in [0.25, 0.3) is 0 Å². The fourth-order valence-corrected chi connectivity index (χ4v) is 5.81. The summed E-state index contributed by atoms with van der Waals surface area (Å²) in [5.41, 5.74) is -0.384.